The number of nitrogens with two attached hydrogens (primary N) is 1. The SMILES string of the molecule is CC(C)n1nc(-c2cnc(N)c(C(F)(F)F)c2)cc1[C@H]1[C@@H]2CN(C3COC3)C[C@@H]21. The summed E-state index contributed by atoms with van der Waals surface area (Å²) in [7, 11) is 0. The maximum Gasteiger partial charge on any atom is 0.419 e. The number of fused-ring (bicyclic) bond motifs is 1. The molecule has 3 atom stereocenters. The van der Waals surface area contributed by atoms with Gasteiger partial charge in [-0.2, -0.15) is 18.3 Å². The molecule has 0 radical (unpaired) electrons. The van der Waals surface area contributed by atoms with E-state index in [2.05, 4.69) is 15.0 Å². The Morgan fingerprint density at radius 2 is 1.86 bits per heavy atom. The highest BCUT2D eigenvalue weighted by Crippen LogP contribution is 2.59. The number of ether oxygens (including phenoxy) is 1. The molecular weight excluding hydrogens is 383 g/mol. The molecule has 0 aromatic carbocycles. The third-order valence-electron chi connectivity index (χ3n) is 6.47. The number of piperidine rings is 1. The Balaban J connectivity index is 1.43. The summed E-state index contributed by atoms with van der Waals surface area (Å²) < 4.78 is 46.9. The monoisotopic (exact) mass is 407 g/mol. The van der Waals surface area contributed by atoms with E-state index in [9.17, 15) is 13.2 Å². The van der Waals surface area contributed by atoms with Crippen LogP contribution in [0.3, 0.4) is 0 Å². The molecule has 2 saturated heterocycles. The van der Waals surface area contributed by atoms with Crippen molar-refractivity contribution in [1.82, 2.24) is 19.7 Å². The fraction of sp³-hybridized carbons (Fsp3) is 0.600. The van der Waals surface area contributed by atoms with Crippen molar-refractivity contribution < 1.29 is 17.9 Å². The lowest BCUT2D eigenvalue weighted by Gasteiger charge is -2.35. The number of rotatable bonds is 4. The van der Waals surface area contributed by atoms with Crippen LogP contribution in [0.15, 0.2) is 18.3 Å². The van der Waals surface area contributed by atoms with Crippen LogP contribution < -0.4 is 5.73 Å². The first-order valence-corrected chi connectivity index (χ1v) is 9.98. The van der Waals surface area contributed by atoms with Crippen LogP contribution in [0, 0.1) is 11.8 Å². The van der Waals surface area contributed by atoms with Gasteiger partial charge in [-0.1, -0.05) is 0 Å². The Bertz CT molecular complexity index is 925. The average molecular weight is 407 g/mol. The zero-order valence-corrected chi connectivity index (χ0v) is 16.4. The number of likely N-dealkylation sites (tertiary alicyclic amines) is 1. The Kier molecular flexibility index (Phi) is 4.19. The van der Waals surface area contributed by atoms with Crippen LogP contribution in [0.1, 0.15) is 37.1 Å². The second-order valence-electron chi connectivity index (χ2n) is 8.65. The molecule has 0 spiro atoms. The minimum absolute atomic E-state index is 0.125. The molecule has 0 amide bonds. The molecule has 3 aliphatic rings. The number of halogens is 3. The number of nitrogen functional groups attached to an aromatic ring is 1. The van der Waals surface area contributed by atoms with Crippen LogP contribution in [-0.2, 0) is 10.9 Å². The minimum atomic E-state index is -4.54. The number of alkyl halides is 3. The topological polar surface area (TPSA) is 69.2 Å². The first-order valence-electron chi connectivity index (χ1n) is 9.98. The van der Waals surface area contributed by atoms with Gasteiger partial charge in [-0.15, -0.1) is 0 Å². The zero-order chi connectivity index (χ0) is 20.5. The highest BCUT2D eigenvalue weighted by Gasteiger charge is 2.58. The van der Waals surface area contributed by atoms with Gasteiger partial charge in [-0.25, -0.2) is 4.98 Å². The van der Waals surface area contributed by atoms with E-state index in [0.29, 0.717) is 35.1 Å². The molecule has 9 heteroatoms. The van der Waals surface area contributed by atoms with Crippen LogP contribution in [0.5, 0.6) is 0 Å². The summed E-state index contributed by atoms with van der Waals surface area (Å²) in [6.07, 6.45) is -3.17. The summed E-state index contributed by atoms with van der Waals surface area (Å²) in [5, 5.41) is 4.64. The van der Waals surface area contributed by atoms with Gasteiger partial charge >= 0.3 is 6.18 Å². The number of hydrogen-bond acceptors (Lipinski definition) is 5. The number of anilines is 1. The molecule has 6 nitrogen and oxygen atoms in total. The normalized spacial score (nSPS) is 27.3. The van der Waals surface area contributed by atoms with E-state index < -0.39 is 17.6 Å². The predicted octanol–water partition coefficient (Wildman–Crippen LogP) is 3.17. The molecule has 4 heterocycles. The predicted molar refractivity (Wildman–Crippen MR) is 101 cm³/mol. The largest absolute Gasteiger partial charge is 0.419 e. The molecular formula is C20H24F3N5O. The van der Waals surface area contributed by atoms with Crippen molar-refractivity contribution in [2.45, 2.75) is 38.0 Å². The summed E-state index contributed by atoms with van der Waals surface area (Å²) in [6.45, 7) is 7.85. The zero-order valence-electron chi connectivity index (χ0n) is 16.4. The smallest absolute Gasteiger partial charge is 0.383 e. The molecule has 29 heavy (non-hydrogen) atoms. The molecule has 3 fully saturated rings. The minimum Gasteiger partial charge on any atom is -0.383 e. The van der Waals surface area contributed by atoms with E-state index in [0.717, 1.165) is 38.1 Å². The average Bonchev–Trinajstić information content (AvgIpc) is 2.96. The molecule has 5 rings (SSSR count). The van der Waals surface area contributed by atoms with Crippen molar-refractivity contribution in [1.29, 1.82) is 0 Å². The molecule has 2 aromatic rings. The summed E-state index contributed by atoms with van der Waals surface area (Å²) in [6, 6.07) is 3.66. The van der Waals surface area contributed by atoms with E-state index in [-0.39, 0.29) is 6.04 Å². The number of aromatic nitrogens is 3. The van der Waals surface area contributed by atoms with E-state index in [1.54, 1.807) is 0 Å². The van der Waals surface area contributed by atoms with Gasteiger partial charge in [0.25, 0.3) is 0 Å². The van der Waals surface area contributed by atoms with Crippen molar-refractivity contribution in [3.8, 4) is 11.3 Å². The van der Waals surface area contributed by atoms with E-state index in [1.807, 2.05) is 24.6 Å². The summed E-state index contributed by atoms with van der Waals surface area (Å²) in [5.74, 6) is 1.09. The summed E-state index contributed by atoms with van der Waals surface area (Å²) in [5.41, 5.74) is 6.49. The molecule has 0 unspecified atom stereocenters. The van der Waals surface area contributed by atoms with Crippen molar-refractivity contribution in [2.75, 3.05) is 32.0 Å². The Morgan fingerprint density at radius 1 is 1.17 bits per heavy atom. The van der Waals surface area contributed by atoms with Crippen molar-refractivity contribution in [3.05, 3.63) is 29.6 Å². The molecule has 2 aliphatic heterocycles. The molecule has 156 valence electrons. The summed E-state index contributed by atoms with van der Waals surface area (Å²) >= 11 is 0. The van der Waals surface area contributed by atoms with Crippen LogP contribution in [0.4, 0.5) is 19.0 Å². The molecule has 1 aliphatic carbocycles. The van der Waals surface area contributed by atoms with Crippen molar-refractivity contribution in [2.24, 2.45) is 11.8 Å². The number of nitrogens with zero attached hydrogens (tertiary/aromatic N) is 4. The van der Waals surface area contributed by atoms with E-state index in [1.165, 1.54) is 6.20 Å². The van der Waals surface area contributed by atoms with Gasteiger partial charge < -0.3 is 10.5 Å². The quantitative estimate of drug-likeness (QED) is 0.843. The van der Waals surface area contributed by atoms with Crippen LogP contribution in [-0.4, -0.2) is 52.0 Å². The molecule has 2 N–H and O–H groups in total. The van der Waals surface area contributed by atoms with Crippen molar-refractivity contribution >= 4 is 5.82 Å². The fourth-order valence-corrected chi connectivity index (χ4v) is 4.78. The third kappa shape index (κ3) is 3.11. The van der Waals surface area contributed by atoms with Gasteiger partial charge in [-0.05, 0) is 37.8 Å². The maximum absolute atomic E-state index is 13.2. The highest BCUT2D eigenvalue weighted by atomic mass is 19.4. The third-order valence-corrected chi connectivity index (χ3v) is 6.47. The van der Waals surface area contributed by atoms with Gasteiger partial charge in [0.15, 0.2) is 0 Å². The lowest BCUT2D eigenvalue weighted by atomic mass is 10.1. The van der Waals surface area contributed by atoms with Crippen LogP contribution >= 0.6 is 0 Å². The number of pyridine rings is 1. The van der Waals surface area contributed by atoms with Crippen LogP contribution in [0.25, 0.3) is 11.3 Å². The first kappa shape index (κ1) is 18.9. The van der Waals surface area contributed by atoms with Crippen LogP contribution in [0.2, 0.25) is 0 Å². The summed E-state index contributed by atoms with van der Waals surface area (Å²) in [4.78, 5) is 6.26. The van der Waals surface area contributed by atoms with Gasteiger partial charge in [-0.3, -0.25) is 9.58 Å². The molecule has 1 saturated carbocycles. The van der Waals surface area contributed by atoms with Gasteiger partial charge in [0, 0.05) is 42.5 Å². The van der Waals surface area contributed by atoms with E-state index >= 15 is 0 Å². The molecule has 2 aromatic heterocycles. The lowest BCUT2D eigenvalue weighted by Crippen LogP contribution is -2.48. The second kappa shape index (κ2) is 6.43. The number of hydrogen-bond donors (Lipinski definition) is 1. The van der Waals surface area contributed by atoms with E-state index in [4.69, 9.17) is 10.5 Å². The Hall–Kier alpha value is -2.13. The Morgan fingerprint density at radius 3 is 2.41 bits per heavy atom. The van der Waals surface area contributed by atoms with Gasteiger partial charge in [0.05, 0.1) is 30.5 Å². The lowest BCUT2D eigenvalue weighted by molar-refractivity contribution is -0.137. The standard InChI is InChI=1S/C20H24F3N5O/c1-10(2)28-17(18-13-6-27(7-14(13)18)12-8-29-9-12)4-16(26-28)11-3-15(20(21,22)23)19(24)25-5-11/h3-5,10,12-14,18H,6-9H2,1-2H3,(H2,24,25)/t13-,14+,18+. The second-order valence-corrected chi connectivity index (χ2v) is 8.65. The fourth-order valence-electron chi connectivity index (χ4n) is 4.78. The first-order chi connectivity index (χ1) is 13.7. The maximum atomic E-state index is 13.2. The Labute approximate surface area is 166 Å². The highest BCUT2D eigenvalue weighted by molar-refractivity contribution is 5.63. The van der Waals surface area contributed by atoms with Gasteiger partial charge in [0.2, 0.25) is 0 Å². The van der Waals surface area contributed by atoms with Gasteiger partial charge in [0.1, 0.15) is 5.82 Å². The molecule has 0 bridgehead atoms. The van der Waals surface area contributed by atoms with Crippen molar-refractivity contribution in [3.63, 3.8) is 0 Å².